The van der Waals surface area contributed by atoms with Crippen molar-refractivity contribution in [2.24, 2.45) is 0 Å². The molecule has 32 valence electrons. The fourth-order valence-electron chi connectivity index (χ4n) is 0. The van der Waals surface area contributed by atoms with Gasteiger partial charge in [-0.3, -0.25) is 0 Å². The molecule has 0 unspecified atom stereocenters. The van der Waals surface area contributed by atoms with Gasteiger partial charge in [-0.25, -0.2) is 0 Å². The average Bonchev–Trinajstić information content (AvgIpc) is 0.811. The number of alkyl halides is 3. The Bertz CT molecular complexity index is 11.6. The second-order valence-corrected chi connectivity index (χ2v) is 2.23. The van der Waals surface area contributed by atoms with Gasteiger partial charge in [0.2, 0.25) is 0 Å². The van der Waals surface area contributed by atoms with Crippen LogP contribution in [0.2, 0.25) is 0 Å². The molecule has 4 heteroatoms. The van der Waals surface area contributed by atoms with Gasteiger partial charge in [0.05, 0.1) is 0 Å². The molecule has 0 aliphatic heterocycles. The van der Waals surface area contributed by atoms with Crippen molar-refractivity contribution in [2.45, 2.75) is 4.30 Å². The van der Waals surface area contributed by atoms with E-state index in [0.29, 0.717) is 0 Å². The Morgan fingerprint density at radius 3 is 1.00 bits per heavy atom. The van der Waals surface area contributed by atoms with E-state index in [0.717, 1.165) is 0 Å². The molecule has 0 bridgehead atoms. The molecule has 0 amide bonds. The Hall–Kier alpha value is 1.79. The second-order valence-electron chi connectivity index (χ2n) is 0.247. The molecular weight excluding hydrogens is 326 g/mol. The van der Waals surface area contributed by atoms with Crippen molar-refractivity contribution in [3.05, 3.63) is 0 Å². The van der Waals surface area contributed by atoms with E-state index >= 15 is 0 Å². The van der Waals surface area contributed by atoms with Crippen molar-refractivity contribution >= 4 is 62.1 Å². The van der Waals surface area contributed by atoms with Crippen molar-refractivity contribution < 1.29 is 0 Å². The molecule has 0 aliphatic carbocycles. The van der Waals surface area contributed by atoms with Gasteiger partial charge in [0.1, 0.15) is 0 Å². The molecule has 2 radical (unpaired) electrons. The maximum absolute atomic E-state index is 4.81. The van der Waals surface area contributed by atoms with Crippen LogP contribution in [0.15, 0.2) is 0 Å². The zero-order chi connectivity index (χ0) is 3.58. The third-order valence-corrected chi connectivity index (χ3v) is 0. The minimum absolute atomic E-state index is 0. The third-order valence-electron chi connectivity index (χ3n) is 0. The first-order valence-corrected chi connectivity index (χ1v) is 1.96. The monoisotopic (exact) mass is 328 g/mol. The van der Waals surface area contributed by atoms with Crippen molar-refractivity contribution in [3.8, 4) is 0 Å². The van der Waals surface area contributed by atoms with Gasteiger partial charge in [-0.15, -0.1) is 0 Å². The molecule has 0 nitrogen and oxygen atoms in total. The van der Waals surface area contributed by atoms with Crippen LogP contribution in [0.5, 0.6) is 0 Å². The molecule has 0 rings (SSSR count). The molecule has 0 aliphatic rings. The molecule has 0 aromatic carbocycles. The Labute approximate surface area is 65.9 Å². The van der Waals surface area contributed by atoms with Gasteiger partial charge in [-0.05, 0) is 0 Å². The topological polar surface area (TPSA) is 0 Å². The van der Waals surface area contributed by atoms with E-state index < -0.39 is 4.30 Å². The van der Waals surface area contributed by atoms with Crippen LogP contribution in [0.3, 0.4) is 0 Å². The normalized spacial score (nSPS) is 7.20. The van der Waals surface area contributed by atoms with E-state index in [1.54, 1.807) is 0 Å². The Morgan fingerprint density at radius 2 is 1.00 bits per heavy atom. The van der Waals surface area contributed by atoms with Gasteiger partial charge in [-0.2, -0.15) is 0 Å². The summed E-state index contributed by atoms with van der Waals surface area (Å²) in [5.74, 6) is 0. The van der Waals surface area contributed by atoms with Gasteiger partial charge < -0.3 is 0 Å². The summed E-state index contributed by atoms with van der Waals surface area (Å²) in [5, 5.41) is 0. The number of halogens is 3. The summed E-state index contributed by atoms with van der Waals surface area (Å²) in [5.41, 5.74) is 0. The van der Waals surface area contributed by atoms with Crippen molar-refractivity contribution in [2.75, 3.05) is 0 Å². The quantitative estimate of drug-likeness (QED) is 0.461. The Balaban J connectivity index is 0. The first kappa shape index (κ1) is 9.92. The summed E-state index contributed by atoms with van der Waals surface area (Å²) in [6.45, 7) is 0. The van der Waals surface area contributed by atoms with Gasteiger partial charge in [0.25, 0.3) is 0 Å². The standard InChI is InChI=1S/CHCl3.Pb.2H/c2-1(3)4;;;/h1H;;;. The van der Waals surface area contributed by atoms with Crippen LogP contribution in [0.4, 0.5) is 0 Å². The number of rotatable bonds is 0. The van der Waals surface area contributed by atoms with Gasteiger partial charge in [0, 0.05) is 0 Å². The van der Waals surface area contributed by atoms with Crippen LogP contribution in [-0.2, 0) is 0 Å². The maximum atomic E-state index is 4.81. The number of hydrogen-bond acceptors (Lipinski definition) is 0. The van der Waals surface area contributed by atoms with E-state index in [4.69, 9.17) is 34.8 Å². The van der Waals surface area contributed by atoms with E-state index in [2.05, 4.69) is 0 Å². The van der Waals surface area contributed by atoms with Crippen molar-refractivity contribution in [1.82, 2.24) is 0 Å². The van der Waals surface area contributed by atoms with Crippen LogP contribution in [0.25, 0.3) is 0 Å². The molecule has 0 heterocycles. The molecule has 0 atom stereocenters. The van der Waals surface area contributed by atoms with Crippen LogP contribution < -0.4 is 0 Å². The SMILES string of the molecule is ClC(Cl)Cl.[PbH2]. The average molecular weight is 329 g/mol. The summed E-state index contributed by atoms with van der Waals surface area (Å²) >= 11 is 14.4. The zero-order valence-electron chi connectivity index (χ0n) is 2.42. The van der Waals surface area contributed by atoms with Gasteiger partial charge >= 0.3 is 27.3 Å². The third kappa shape index (κ3) is 25.9. The summed E-state index contributed by atoms with van der Waals surface area (Å²) < 4.78 is -0.750. The summed E-state index contributed by atoms with van der Waals surface area (Å²) in [6.07, 6.45) is 0. The molecule has 5 heavy (non-hydrogen) atoms. The summed E-state index contributed by atoms with van der Waals surface area (Å²) in [6, 6.07) is 0. The Kier molecular flexibility index (Phi) is 11.5. The fraction of sp³-hybridized carbons (Fsp3) is 1.00. The molecule has 0 saturated heterocycles. The van der Waals surface area contributed by atoms with Crippen molar-refractivity contribution in [3.63, 3.8) is 0 Å². The molecule has 0 aromatic rings. The van der Waals surface area contributed by atoms with Crippen LogP contribution in [0.1, 0.15) is 0 Å². The van der Waals surface area contributed by atoms with Gasteiger partial charge in [0.15, 0.2) is 4.30 Å². The van der Waals surface area contributed by atoms with Crippen LogP contribution in [-0.4, -0.2) is 31.6 Å². The number of hydrogen-bond donors (Lipinski definition) is 0. The van der Waals surface area contributed by atoms with Crippen LogP contribution in [0, 0.1) is 0 Å². The molecule has 0 spiro atoms. The fourth-order valence-corrected chi connectivity index (χ4v) is 0. The predicted octanol–water partition coefficient (Wildman–Crippen LogP) is 1.07. The zero-order valence-corrected chi connectivity index (χ0v) is 10.2. The molecule has 0 N–H and O–H groups in total. The van der Waals surface area contributed by atoms with Crippen molar-refractivity contribution in [1.29, 1.82) is 0 Å². The summed E-state index contributed by atoms with van der Waals surface area (Å²) in [4.78, 5) is 0. The molecule has 0 fully saturated rings. The van der Waals surface area contributed by atoms with E-state index in [9.17, 15) is 0 Å². The minimum atomic E-state index is -0.750. The summed E-state index contributed by atoms with van der Waals surface area (Å²) in [7, 11) is 0. The first-order chi connectivity index (χ1) is 1.73. The van der Waals surface area contributed by atoms with E-state index in [1.165, 1.54) is 0 Å². The molecular formula is CH3Cl3Pb. The molecule has 0 aromatic heterocycles. The van der Waals surface area contributed by atoms with E-state index in [1.807, 2.05) is 0 Å². The van der Waals surface area contributed by atoms with Gasteiger partial charge in [-0.1, -0.05) is 34.8 Å². The Morgan fingerprint density at radius 1 is 1.00 bits per heavy atom. The predicted molar refractivity (Wildman–Crippen MR) is 29.9 cm³/mol. The second kappa shape index (κ2) is 5.79. The van der Waals surface area contributed by atoms with Crippen LogP contribution >= 0.6 is 34.8 Å². The van der Waals surface area contributed by atoms with E-state index in [-0.39, 0.29) is 27.3 Å². The molecule has 0 saturated carbocycles. The first-order valence-electron chi connectivity index (χ1n) is 0.655.